The lowest BCUT2D eigenvalue weighted by Crippen LogP contribution is -2.41. The zero-order valence-electron chi connectivity index (χ0n) is 7.55. The molecular formula is C9H15FN2O. The molecule has 2 fully saturated rings. The maximum absolute atomic E-state index is 12.7. The van der Waals surface area contributed by atoms with E-state index in [0.717, 1.165) is 6.54 Å². The molecule has 3 nitrogen and oxygen atoms in total. The summed E-state index contributed by atoms with van der Waals surface area (Å²) in [6.07, 6.45) is 1.93. The van der Waals surface area contributed by atoms with Gasteiger partial charge in [0.15, 0.2) is 0 Å². The molecule has 0 aromatic heterocycles. The molecule has 0 aromatic rings. The number of rotatable bonds is 3. The molecular weight excluding hydrogens is 171 g/mol. The Hall–Kier alpha value is -0.640. The van der Waals surface area contributed by atoms with E-state index < -0.39 is 6.17 Å². The number of halogens is 1. The molecule has 1 amide bonds. The van der Waals surface area contributed by atoms with Crippen LogP contribution in [0.15, 0.2) is 0 Å². The van der Waals surface area contributed by atoms with Gasteiger partial charge in [-0.2, -0.15) is 0 Å². The summed E-state index contributed by atoms with van der Waals surface area (Å²) in [4.78, 5) is 11.4. The van der Waals surface area contributed by atoms with Gasteiger partial charge in [0.1, 0.15) is 6.17 Å². The second-order valence-electron chi connectivity index (χ2n) is 3.98. The molecule has 2 atom stereocenters. The van der Waals surface area contributed by atoms with Crippen LogP contribution >= 0.6 is 0 Å². The highest BCUT2D eigenvalue weighted by Gasteiger charge is 2.30. The molecule has 0 spiro atoms. The predicted molar refractivity (Wildman–Crippen MR) is 47.0 cm³/mol. The van der Waals surface area contributed by atoms with Gasteiger partial charge in [0.05, 0.1) is 6.04 Å². The van der Waals surface area contributed by atoms with Crippen molar-refractivity contribution in [3.8, 4) is 0 Å². The zero-order valence-corrected chi connectivity index (χ0v) is 7.55. The molecule has 2 aliphatic rings. The number of amides is 1. The second kappa shape index (κ2) is 3.62. The fourth-order valence-corrected chi connectivity index (χ4v) is 1.58. The van der Waals surface area contributed by atoms with Crippen LogP contribution in [0.1, 0.15) is 19.3 Å². The minimum absolute atomic E-state index is 0.0351. The highest BCUT2D eigenvalue weighted by Crippen LogP contribution is 2.27. The van der Waals surface area contributed by atoms with Crippen molar-refractivity contribution in [1.29, 1.82) is 0 Å². The van der Waals surface area contributed by atoms with Crippen molar-refractivity contribution in [2.45, 2.75) is 31.5 Å². The molecule has 1 saturated carbocycles. The molecule has 13 heavy (non-hydrogen) atoms. The molecule has 1 aliphatic carbocycles. The molecule has 2 N–H and O–H groups in total. The van der Waals surface area contributed by atoms with Crippen molar-refractivity contribution in [3.63, 3.8) is 0 Å². The lowest BCUT2D eigenvalue weighted by molar-refractivity contribution is -0.122. The highest BCUT2D eigenvalue weighted by atomic mass is 19.1. The van der Waals surface area contributed by atoms with Crippen LogP contribution in [0.2, 0.25) is 0 Å². The fraction of sp³-hybridized carbons (Fsp3) is 0.889. The van der Waals surface area contributed by atoms with Crippen LogP contribution in [0.4, 0.5) is 4.39 Å². The monoisotopic (exact) mass is 186 g/mol. The normalized spacial score (nSPS) is 33.3. The number of alkyl halides is 1. The zero-order chi connectivity index (χ0) is 9.26. The molecule has 2 rings (SSSR count). The molecule has 0 radical (unpaired) electrons. The lowest BCUT2D eigenvalue weighted by Gasteiger charge is -2.09. The molecule has 74 valence electrons. The largest absolute Gasteiger partial charge is 0.354 e. The second-order valence-corrected chi connectivity index (χ2v) is 3.98. The number of hydrogen-bond acceptors (Lipinski definition) is 2. The van der Waals surface area contributed by atoms with Gasteiger partial charge in [-0.1, -0.05) is 0 Å². The summed E-state index contributed by atoms with van der Waals surface area (Å²) in [7, 11) is 0. The Balaban J connectivity index is 1.69. The maximum Gasteiger partial charge on any atom is 0.237 e. The van der Waals surface area contributed by atoms with Gasteiger partial charge < -0.3 is 10.6 Å². The van der Waals surface area contributed by atoms with E-state index in [4.69, 9.17) is 0 Å². The third kappa shape index (κ3) is 2.40. The standard InChI is InChI=1S/C9H15FN2O/c10-7-3-8(11-5-7)9(13)12-4-6-1-2-6/h6-8,11H,1-5H2,(H,12,13)/t7-,8-/m1/s1. The van der Waals surface area contributed by atoms with E-state index in [1.54, 1.807) is 0 Å². The van der Waals surface area contributed by atoms with Crippen LogP contribution in [-0.2, 0) is 4.79 Å². The highest BCUT2D eigenvalue weighted by molar-refractivity contribution is 5.82. The molecule has 1 aliphatic heterocycles. The van der Waals surface area contributed by atoms with Gasteiger partial charge in [-0.15, -0.1) is 0 Å². The summed E-state index contributed by atoms with van der Waals surface area (Å²) in [6, 6.07) is -0.297. The summed E-state index contributed by atoms with van der Waals surface area (Å²) >= 11 is 0. The number of hydrogen-bond donors (Lipinski definition) is 2. The first-order valence-electron chi connectivity index (χ1n) is 4.91. The SMILES string of the molecule is O=C(NCC1CC1)[C@H]1C[C@@H](F)CN1. The van der Waals surface area contributed by atoms with E-state index in [1.165, 1.54) is 12.8 Å². The van der Waals surface area contributed by atoms with Gasteiger partial charge >= 0.3 is 0 Å². The van der Waals surface area contributed by atoms with Crippen LogP contribution in [-0.4, -0.2) is 31.2 Å². The maximum atomic E-state index is 12.7. The van der Waals surface area contributed by atoms with E-state index in [1.807, 2.05) is 0 Å². The van der Waals surface area contributed by atoms with E-state index in [2.05, 4.69) is 10.6 Å². The Morgan fingerprint density at radius 2 is 2.31 bits per heavy atom. The summed E-state index contributed by atoms with van der Waals surface area (Å²) in [5.74, 6) is 0.651. The number of nitrogens with one attached hydrogen (secondary N) is 2. The lowest BCUT2D eigenvalue weighted by atomic mass is 10.2. The van der Waals surface area contributed by atoms with Crippen LogP contribution in [0, 0.1) is 5.92 Å². The molecule has 0 unspecified atom stereocenters. The first-order valence-corrected chi connectivity index (χ1v) is 4.91. The van der Waals surface area contributed by atoms with Crippen molar-refractivity contribution in [3.05, 3.63) is 0 Å². The Bertz CT molecular complexity index is 206. The van der Waals surface area contributed by atoms with Crippen molar-refractivity contribution in [2.75, 3.05) is 13.1 Å². The third-order valence-corrected chi connectivity index (χ3v) is 2.66. The summed E-state index contributed by atoms with van der Waals surface area (Å²) in [5, 5.41) is 5.70. The van der Waals surface area contributed by atoms with Gasteiger partial charge in [-0.3, -0.25) is 4.79 Å². The van der Waals surface area contributed by atoms with Gasteiger partial charge in [0.2, 0.25) is 5.91 Å². The van der Waals surface area contributed by atoms with Crippen molar-refractivity contribution >= 4 is 5.91 Å². The van der Waals surface area contributed by atoms with Crippen LogP contribution in [0.25, 0.3) is 0 Å². The Morgan fingerprint density at radius 1 is 1.54 bits per heavy atom. The smallest absolute Gasteiger partial charge is 0.237 e. The molecule has 4 heteroatoms. The van der Waals surface area contributed by atoms with E-state index in [9.17, 15) is 9.18 Å². The van der Waals surface area contributed by atoms with Gasteiger partial charge in [0.25, 0.3) is 0 Å². The van der Waals surface area contributed by atoms with Crippen molar-refractivity contribution < 1.29 is 9.18 Å². The summed E-state index contributed by atoms with van der Waals surface area (Å²) < 4.78 is 12.7. The van der Waals surface area contributed by atoms with E-state index in [0.29, 0.717) is 18.9 Å². The van der Waals surface area contributed by atoms with Crippen LogP contribution in [0.3, 0.4) is 0 Å². The molecule has 1 heterocycles. The average molecular weight is 186 g/mol. The van der Waals surface area contributed by atoms with E-state index in [-0.39, 0.29) is 11.9 Å². The third-order valence-electron chi connectivity index (χ3n) is 2.66. The first kappa shape index (κ1) is 8.94. The van der Waals surface area contributed by atoms with Crippen molar-refractivity contribution in [1.82, 2.24) is 10.6 Å². The number of carbonyl (C=O) groups excluding carboxylic acids is 1. The van der Waals surface area contributed by atoms with Crippen molar-refractivity contribution in [2.24, 2.45) is 5.92 Å². The van der Waals surface area contributed by atoms with Gasteiger partial charge in [-0.25, -0.2) is 4.39 Å². The minimum Gasteiger partial charge on any atom is -0.354 e. The number of carbonyl (C=O) groups is 1. The molecule has 1 saturated heterocycles. The molecule has 0 aromatic carbocycles. The Labute approximate surface area is 77.1 Å². The Morgan fingerprint density at radius 3 is 2.85 bits per heavy atom. The predicted octanol–water partition coefficient (Wildman–Crippen LogP) is 0.213. The average Bonchev–Trinajstić information content (AvgIpc) is 2.84. The summed E-state index contributed by atoms with van der Waals surface area (Å²) in [6.45, 7) is 1.09. The minimum atomic E-state index is -0.850. The van der Waals surface area contributed by atoms with Gasteiger partial charge in [-0.05, 0) is 18.8 Å². The fourth-order valence-electron chi connectivity index (χ4n) is 1.58. The molecule has 0 bridgehead atoms. The van der Waals surface area contributed by atoms with E-state index >= 15 is 0 Å². The first-order chi connectivity index (χ1) is 6.25. The topological polar surface area (TPSA) is 41.1 Å². The summed E-state index contributed by atoms with van der Waals surface area (Å²) in [5.41, 5.74) is 0. The van der Waals surface area contributed by atoms with Crippen LogP contribution in [0.5, 0.6) is 0 Å². The van der Waals surface area contributed by atoms with Crippen LogP contribution < -0.4 is 10.6 Å². The Kier molecular flexibility index (Phi) is 2.49. The van der Waals surface area contributed by atoms with Gasteiger partial charge in [0, 0.05) is 19.5 Å². The quantitative estimate of drug-likeness (QED) is 0.661.